The van der Waals surface area contributed by atoms with Gasteiger partial charge in [-0.25, -0.2) is 9.78 Å². The molecule has 146 valence electrons. The van der Waals surface area contributed by atoms with Gasteiger partial charge in [-0.2, -0.15) is 0 Å². The van der Waals surface area contributed by atoms with Crippen LogP contribution in [0.25, 0.3) is 22.2 Å². The number of nitrogens with zero attached hydrogens (tertiary/aromatic N) is 2. The van der Waals surface area contributed by atoms with E-state index in [2.05, 4.69) is 49.4 Å². The molecule has 28 heavy (non-hydrogen) atoms. The van der Waals surface area contributed by atoms with Crippen LogP contribution in [0.4, 0.5) is 10.5 Å². The quantitative estimate of drug-likeness (QED) is 0.380. The number of amides is 1. The lowest BCUT2D eigenvalue weighted by Gasteiger charge is -2.25. The van der Waals surface area contributed by atoms with Crippen molar-refractivity contribution in [1.82, 2.24) is 9.97 Å². The van der Waals surface area contributed by atoms with Crippen LogP contribution in [-0.4, -0.2) is 28.2 Å². The van der Waals surface area contributed by atoms with Gasteiger partial charge >= 0.3 is 6.09 Å². The van der Waals surface area contributed by atoms with Gasteiger partial charge in [0.25, 0.3) is 0 Å². The van der Waals surface area contributed by atoms with Crippen LogP contribution >= 0.6 is 41.7 Å². The number of hydrogen-bond acceptors (Lipinski definition) is 4. The van der Waals surface area contributed by atoms with Crippen LogP contribution in [0.2, 0.25) is 5.02 Å². The van der Waals surface area contributed by atoms with Gasteiger partial charge in [-0.05, 0) is 59.4 Å². The number of benzene rings is 1. The zero-order valence-corrected chi connectivity index (χ0v) is 19.4. The third-order valence-corrected chi connectivity index (χ3v) is 6.67. The normalized spacial score (nSPS) is 13.8. The van der Waals surface area contributed by atoms with Gasteiger partial charge in [0, 0.05) is 44.9 Å². The molecule has 0 fully saturated rings. The summed E-state index contributed by atoms with van der Waals surface area (Å²) >= 11 is 8.74. The van der Waals surface area contributed by atoms with E-state index in [1.165, 1.54) is 0 Å². The van der Waals surface area contributed by atoms with Crippen LogP contribution in [-0.2, 0) is 11.2 Å². The number of H-pyrrole nitrogens is 1. The van der Waals surface area contributed by atoms with Crippen molar-refractivity contribution < 1.29 is 9.53 Å². The Morgan fingerprint density at radius 1 is 1.36 bits per heavy atom. The Hall–Kier alpha value is -1.45. The molecular formula is C20H19ClIN3O2S. The van der Waals surface area contributed by atoms with Crippen molar-refractivity contribution in [3.63, 3.8) is 0 Å². The molecule has 4 rings (SSSR count). The van der Waals surface area contributed by atoms with E-state index in [0.29, 0.717) is 11.6 Å². The minimum absolute atomic E-state index is 0.314. The van der Waals surface area contributed by atoms with Crippen LogP contribution in [0.1, 0.15) is 26.3 Å². The largest absolute Gasteiger partial charge is 0.443 e. The number of hydrogen-bond donors (Lipinski definition) is 1. The van der Waals surface area contributed by atoms with Crippen LogP contribution < -0.4 is 4.90 Å². The molecule has 3 heterocycles. The van der Waals surface area contributed by atoms with Crippen molar-refractivity contribution in [2.45, 2.75) is 37.8 Å². The van der Waals surface area contributed by atoms with Crippen molar-refractivity contribution in [3.8, 4) is 11.1 Å². The van der Waals surface area contributed by atoms with Crippen molar-refractivity contribution >= 4 is 64.6 Å². The first-order chi connectivity index (χ1) is 13.3. The van der Waals surface area contributed by atoms with Gasteiger partial charge < -0.3 is 9.72 Å². The van der Waals surface area contributed by atoms with Crippen molar-refractivity contribution in [2.24, 2.45) is 0 Å². The number of halogens is 2. The average Bonchev–Trinajstić information content (AvgIpc) is 3.21. The molecule has 0 spiro atoms. The summed E-state index contributed by atoms with van der Waals surface area (Å²) in [5, 5.41) is 2.53. The van der Waals surface area contributed by atoms with E-state index < -0.39 is 5.60 Å². The summed E-state index contributed by atoms with van der Waals surface area (Å²) in [4.78, 5) is 22.1. The zero-order chi connectivity index (χ0) is 20.1. The minimum Gasteiger partial charge on any atom is -0.443 e. The Bertz CT molecular complexity index is 1080. The molecule has 1 amide bonds. The Kier molecular flexibility index (Phi) is 5.26. The highest BCUT2D eigenvalue weighted by molar-refractivity contribution is 14.2. The lowest BCUT2D eigenvalue weighted by Crippen LogP contribution is -2.35. The van der Waals surface area contributed by atoms with Gasteiger partial charge in [0.1, 0.15) is 11.2 Å². The summed E-state index contributed by atoms with van der Waals surface area (Å²) in [7, 11) is 1.58. The van der Waals surface area contributed by atoms with Gasteiger partial charge in [0.15, 0.2) is 0 Å². The predicted octanol–water partition coefficient (Wildman–Crippen LogP) is 6.62. The second-order valence-electron chi connectivity index (χ2n) is 7.65. The second-order valence-corrected chi connectivity index (χ2v) is 9.94. The smallest absolute Gasteiger partial charge is 0.414 e. The van der Waals surface area contributed by atoms with E-state index in [1.54, 1.807) is 26.1 Å². The number of aromatic nitrogens is 2. The van der Waals surface area contributed by atoms with Gasteiger partial charge in [-0.15, -0.1) is 0 Å². The van der Waals surface area contributed by atoms with Crippen LogP contribution in [0, 0.1) is 0 Å². The lowest BCUT2D eigenvalue weighted by molar-refractivity contribution is 0.0584. The van der Waals surface area contributed by atoms with Gasteiger partial charge in [0.2, 0.25) is 0 Å². The molecule has 1 aliphatic rings. The highest BCUT2D eigenvalue weighted by Crippen LogP contribution is 2.44. The number of carbonyl (C=O) groups excluding carboxylic acids is 1. The number of rotatable bonds is 2. The maximum atomic E-state index is 12.7. The van der Waals surface area contributed by atoms with Crippen molar-refractivity contribution in [1.29, 1.82) is 0 Å². The topological polar surface area (TPSA) is 58.2 Å². The SMILES string of the molecule is CC(C)(C)OC(=O)N1CCc2ccc(-c3c(SI)[nH]c4nccc(Cl)c34)cc21. The number of nitrogens with one attached hydrogen (secondary N) is 1. The van der Waals surface area contributed by atoms with E-state index in [9.17, 15) is 4.79 Å². The summed E-state index contributed by atoms with van der Waals surface area (Å²) < 4.78 is 5.59. The number of anilines is 1. The second kappa shape index (κ2) is 7.42. The van der Waals surface area contributed by atoms with E-state index in [0.717, 1.165) is 44.9 Å². The van der Waals surface area contributed by atoms with E-state index in [-0.39, 0.29) is 6.09 Å². The molecule has 0 bridgehead atoms. The van der Waals surface area contributed by atoms with Gasteiger partial charge in [-0.1, -0.05) is 23.7 Å². The van der Waals surface area contributed by atoms with Gasteiger partial charge in [-0.3, -0.25) is 4.90 Å². The molecule has 1 aliphatic heterocycles. The summed E-state index contributed by atoms with van der Waals surface area (Å²) in [6, 6.07) is 8.01. The molecule has 2 aromatic heterocycles. The summed E-state index contributed by atoms with van der Waals surface area (Å²) in [6.45, 7) is 6.26. The molecule has 0 saturated carbocycles. The van der Waals surface area contributed by atoms with E-state index in [1.807, 2.05) is 20.8 Å². The molecule has 0 radical (unpaired) electrons. The molecule has 3 aromatic rings. The van der Waals surface area contributed by atoms with Crippen molar-refractivity contribution in [2.75, 3.05) is 11.4 Å². The van der Waals surface area contributed by atoms with E-state index in [4.69, 9.17) is 16.3 Å². The maximum absolute atomic E-state index is 12.7. The minimum atomic E-state index is -0.529. The van der Waals surface area contributed by atoms with Gasteiger partial charge in [0.05, 0.1) is 15.7 Å². The zero-order valence-electron chi connectivity index (χ0n) is 15.7. The number of aromatic amines is 1. The summed E-state index contributed by atoms with van der Waals surface area (Å²) in [5.41, 5.74) is 4.26. The fourth-order valence-corrected chi connectivity index (χ4v) is 5.09. The Morgan fingerprint density at radius 2 is 2.14 bits per heavy atom. The summed E-state index contributed by atoms with van der Waals surface area (Å²) in [5.74, 6) is 0. The fraction of sp³-hybridized carbons (Fsp3) is 0.300. The third-order valence-electron chi connectivity index (χ3n) is 4.57. The Morgan fingerprint density at radius 3 is 2.86 bits per heavy atom. The van der Waals surface area contributed by atoms with E-state index >= 15 is 0 Å². The molecule has 0 saturated heterocycles. The van der Waals surface area contributed by atoms with Crippen LogP contribution in [0.15, 0.2) is 35.5 Å². The monoisotopic (exact) mass is 527 g/mol. The number of ether oxygens (including phenoxy) is 1. The molecule has 5 nitrogen and oxygen atoms in total. The van der Waals surface area contributed by atoms with Crippen LogP contribution in [0.3, 0.4) is 0 Å². The number of carbonyl (C=O) groups is 1. The Labute approximate surface area is 184 Å². The highest BCUT2D eigenvalue weighted by Gasteiger charge is 2.30. The average molecular weight is 528 g/mol. The first-order valence-corrected chi connectivity index (χ1v) is 12.6. The maximum Gasteiger partial charge on any atom is 0.414 e. The molecule has 0 aliphatic carbocycles. The molecule has 1 N–H and O–H groups in total. The first kappa shape index (κ1) is 19.8. The fourth-order valence-electron chi connectivity index (χ4n) is 3.43. The highest BCUT2D eigenvalue weighted by atomic mass is 127. The number of fused-ring (bicyclic) bond motifs is 2. The molecular weight excluding hydrogens is 509 g/mol. The third kappa shape index (κ3) is 3.59. The first-order valence-electron chi connectivity index (χ1n) is 8.87. The number of pyridine rings is 1. The summed E-state index contributed by atoms with van der Waals surface area (Å²) in [6.07, 6.45) is 2.20. The predicted molar refractivity (Wildman–Crippen MR) is 124 cm³/mol. The van der Waals surface area contributed by atoms with Crippen LogP contribution in [0.5, 0.6) is 0 Å². The molecule has 0 atom stereocenters. The molecule has 8 heteroatoms. The van der Waals surface area contributed by atoms with Crippen molar-refractivity contribution in [3.05, 3.63) is 41.0 Å². The standard InChI is InChI=1S/C20H19ClIN3O2S/c1-20(2,3)27-19(26)25-9-7-11-4-5-12(10-14(11)25)15-16-13(21)6-8-23-17(16)24-18(15)28-22/h4-6,8,10H,7,9H2,1-3H3,(H,23,24). The molecule has 1 aromatic carbocycles. The lowest BCUT2D eigenvalue weighted by atomic mass is 10.0. The molecule has 0 unspecified atom stereocenters. The Balaban J connectivity index is 1.82.